The van der Waals surface area contributed by atoms with Crippen LogP contribution in [0, 0.1) is 0 Å². The van der Waals surface area contributed by atoms with E-state index in [0.717, 1.165) is 6.04 Å². The third-order valence-electron chi connectivity index (χ3n) is 4.01. The van der Waals surface area contributed by atoms with E-state index in [1.165, 1.54) is 44.6 Å². The number of hydrogen-bond donors (Lipinski definition) is 1. The minimum atomic E-state index is 0.665. The summed E-state index contributed by atoms with van der Waals surface area (Å²) in [5.74, 6) is 0.665. The minimum Gasteiger partial charge on any atom is -0.314 e. The Labute approximate surface area is 111 Å². The summed E-state index contributed by atoms with van der Waals surface area (Å²) in [6.07, 6.45) is 2.52. The molecule has 1 aromatic rings. The Bertz CT molecular complexity index is 332. The molecule has 1 saturated heterocycles. The lowest BCUT2D eigenvalue weighted by Crippen LogP contribution is -2.57. The molecule has 0 spiro atoms. The normalized spacial score (nSPS) is 17.7. The van der Waals surface area contributed by atoms with E-state index in [2.05, 4.69) is 54.4 Å². The summed E-state index contributed by atoms with van der Waals surface area (Å²) in [5, 5.41) is 3.38. The van der Waals surface area contributed by atoms with Crippen LogP contribution in [0.4, 0.5) is 0 Å². The number of hydrogen-bond acceptors (Lipinski definition) is 2. The molecule has 0 saturated carbocycles. The fourth-order valence-corrected chi connectivity index (χ4v) is 2.60. The van der Waals surface area contributed by atoms with E-state index in [1.807, 2.05) is 0 Å². The third kappa shape index (κ3) is 3.56. The monoisotopic (exact) mass is 246 g/mol. The van der Waals surface area contributed by atoms with Crippen LogP contribution in [0.25, 0.3) is 0 Å². The van der Waals surface area contributed by atoms with Gasteiger partial charge in [-0.05, 0) is 37.4 Å². The van der Waals surface area contributed by atoms with Gasteiger partial charge < -0.3 is 5.32 Å². The van der Waals surface area contributed by atoms with Crippen LogP contribution in [0.1, 0.15) is 38.2 Å². The lowest BCUT2D eigenvalue weighted by atomic mass is 9.97. The van der Waals surface area contributed by atoms with Gasteiger partial charge in [0.2, 0.25) is 0 Å². The van der Waals surface area contributed by atoms with Gasteiger partial charge in [0.05, 0.1) is 0 Å². The second-order valence-corrected chi connectivity index (χ2v) is 5.45. The molecule has 1 unspecified atom stereocenters. The summed E-state index contributed by atoms with van der Waals surface area (Å²) in [7, 11) is 0. The zero-order valence-electron chi connectivity index (χ0n) is 11.7. The molecule has 1 aromatic carbocycles. The summed E-state index contributed by atoms with van der Waals surface area (Å²) in [5.41, 5.74) is 1.47. The van der Waals surface area contributed by atoms with Crippen molar-refractivity contribution in [2.75, 3.05) is 26.2 Å². The highest BCUT2D eigenvalue weighted by atomic mass is 15.2. The van der Waals surface area contributed by atoms with Crippen LogP contribution in [0.3, 0.4) is 0 Å². The molecule has 1 heterocycles. The molecular formula is C16H26N2. The van der Waals surface area contributed by atoms with Crippen molar-refractivity contribution >= 4 is 0 Å². The minimum absolute atomic E-state index is 0.665. The smallest absolute Gasteiger partial charge is 0.0345 e. The molecule has 0 amide bonds. The predicted octanol–water partition coefficient (Wildman–Crippen LogP) is 2.86. The standard InChI is InChI=1S/C16H26N2/c1-3-10-18(16-12-17-13-16)11-9-14(2)15-7-5-4-6-8-15/h4-8,14,16-17H,3,9-13H2,1-2H3. The van der Waals surface area contributed by atoms with Gasteiger partial charge in [0, 0.05) is 19.1 Å². The zero-order chi connectivity index (χ0) is 12.8. The van der Waals surface area contributed by atoms with Crippen molar-refractivity contribution in [3.05, 3.63) is 35.9 Å². The van der Waals surface area contributed by atoms with Crippen LogP contribution in [0.2, 0.25) is 0 Å². The molecule has 1 aliphatic heterocycles. The second-order valence-electron chi connectivity index (χ2n) is 5.45. The van der Waals surface area contributed by atoms with Crippen molar-refractivity contribution in [2.45, 2.75) is 38.6 Å². The summed E-state index contributed by atoms with van der Waals surface area (Å²) >= 11 is 0. The van der Waals surface area contributed by atoms with E-state index < -0.39 is 0 Å². The van der Waals surface area contributed by atoms with Crippen LogP contribution < -0.4 is 5.32 Å². The van der Waals surface area contributed by atoms with Gasteiger partial charge in [-0.15, -0.1) is 0 Å². The first-order chi connectivity index (χ1) is 8.81. The van der Waals surface area contributed by atoms with E-state index in [0.29, 0.717) is 5.92 Å². The van der Waals surface area contributed by atoms with Crippen LogP contribution in [0.15, 0.2) is 30.3 Å². The van der Waals surface area contributed by atoms with Crippen molar-refractivity contribution in [1.29, 1.82) is 0 Å². The maximum atomic E-state index is 3.38. The van der Waals surface area contributed by atoms with Gasteiger partial charge in [0.1, 0.15) is 0 Å². The van der Waals surface area contributed by atoms with Gasteiger partial charge in [0.25, 0.3) is 0 Å². The molecule has 2 heteroatoms. The van der Waals surface area contributed by atoms with Gasteiger partial charge in [-0.3, -0.25) is 4.90 Å². The Kier molecular flexibility index (Phi) is 5.21. The average molecular weight is 246 g/mol. The fraction of sp³-hybridized carbons (Fsp3) is 0.625. The largest absolute Gasteiger partial charge is 0.314 e. The Morgan fingerprint density at radius 2 is 1.94 bits per heavy atom. The lowest BCUT2D eigenvalue weighted by molar-refractivity contribution is 0.141. The molecule has 2 nitrogen and oxygen atoms in total. The zero-order valence-corrected chi connectivity index (χ0v) is 11.7. The Balaban J connectivity index is 1.81. The highest BCUT2D eigenvalue weighted by Gasteiger charge is 2.23. The third-order valence-corrected chi connectivity index (χ3v) is 4.01. The van der Waals surface area contributed by atoms with Gasteiger partial charge in [-0.2, -0.15) is 0 Å². The molecule has 0 radical (unpaired) electrons. The summed E-state index contributed by atoms with van der Waals surface area (Å²) in [6, 6.07) is 11.7. The second kappa shape index (κ2) is 6.91. The lowest BCUT2D eigenvalue weighted by Gasteiger charge is -2.38. The van der Waals surface area contributed by atoms with E-state index in [-0.39, 0.29) is 0 Å². The molecule has 0 bridgehead atoms. The van der Waals surface area contributed by atoms with Crippen LogP contribution >= 0.6 is 0 Å². The molecule has 2 rings (SSSR count). The fourth-order valence-electron chi connectivity index (χ4n) is 2.60. The Morgan fingerprint density at radius 1 is 1.22 bits per heavy atom. The van der Waals surface area contributed by atoms with Crippen molar-refractivity contribution in [3.8, 4) is 0 Å². The SMILES string of the molecule is CCCN(CCC(C)c1ccccc1)C1CNC1. The molecule has 1 aliphatic rings. The maximum Gasteiger partial charge on any atom is 0.0345 e. The number of nitrogens with zero attached hydrogens (tertiary/aromatic N) is 1. The van der Waals surface area contributed by atoms with Gasteiger partial charge in [-0.25, -0.2) is 0 Å². The van der Waals surface area contributed by atoms with Crippen molar-refractivity contribution in [2.24, 2.45) is 0 Å². The number of nitrogens with one attached hydrogen (secondary N) is 1. The van der Waals surface area contributed by atoms with Crippen molar-refractivity contribution in [1.82, 2.24) is 10.2 Å². The molecule has 1 fully saturated rings. The van der Waals surface area contributed by atoms with Crippen molar-refractivity contribution < 1.29 is 0 Å². The number of rotatable bonds is 7. The predicted molar refractivity (Wildman–Crippen MR) is 78.0 cm³/mol. The first kappa shape index (κ1) is 13.6. The first-order valence-corrected chi connectivity index (χ1v) is 7.31. The molecule has 1 atom stereocenters. The molecular weight excluding hydrogens is 220 g/mol. The quantitative estimate of drug-likeness (QED) is 0.796. The summed E-state index contributed by atoms with van der Waals surface area (Å²) in [4.78, 5) is 2.66. The van der Waals surface area contributed by atoms with Gasteiger partial charge in [-0.1, -0.05) is 44.2 Å². The van der Waals surface area contributed by atoms with Crippen LogP contribution in [0.5, 0.6) is 0 Å². The van der Waals surface area contributed by atoms with Gasteiger partial charge >= 0.3 is 0 Å². The van der Waals surface area contributed by atoms with Gasteiger partial charge in [0.15, 0.2) is 0 Å². The van der Waals surface area contributed by atoms with E-state index >= 15 is 0 Å². The average Bonchev–Trinajstić information content (AvgIpc) is 2.35. The van der Waals surface area contributed by atoms with E-state index in [1.54, 1.807) is 0 Å². The molecule has 18 heavy (non-hydrogen) atoms. The Morgan fingerprint density at radius 3 is 2.50 bits per heavy atom. The van der Waals surface area contributed by atoms with Crippen LogP contribution in [-0.2, 0) is 0 Å². The Hall–Kier alpha value is -0.860. The number of benzene rings is 1. The first-order valence-electron chi connectivity index (χ1n) is 7.31. The van der Waals surface area contributed by atoms with Crippen LogP contribution in [-0.4, -0.2) is 37.1 Å². The highest BCUT2D eigenvalue weighted by molar-refractivity contribution is 5.18. The maximum absolute atomic E-state index is 3.38. The molecule has 0 aliphatic carbocycles. The molecule has 1 N–H and O–H groups in total. The molecule has 100 valence electrons. The summed E-state index contributed by atoms with van der Waals surface area (Å²) < 4.78 is 0. The molecule has 0 aromatic heterocycles. The highest BCUT2D eigenvalue weighted by Crippen LogP contribution is 2.20. The topological polar surface area (TPSA) is 15.3 Å². The summed E-state index contributed by atoms with van der Waals surface area (Å²) in [6.45, 7) is 9.46. The van der Waals surface area contributed by atoms with E-state index in [9.17, 15) is 0 Å². The van der Waals surface area contributed by atoms with E-state index in [4.69, 9.17) is 0 Å². The van der Waals surface area contributed by atoms with Crippen molar-refractivity contribution in [3.63, 3.8) is 0 Å².